The molecule has 0 saturated heterocycles. The van der Waals surface area contributed by atoms with E-state index >= 15 is 0 Å². The molecule has 1 heterocycles. The maximum atomic E-state index is 6.32. The first-order valence-corrected chi connectivity index (χ1v) is 10.5. The van der Waals surface area contributed by atoms with Gasteiger partial charge in [0.15, 0.2) is 17.5 Å². The van der Waals surface area contributed by atoms with Crippen LogP contribution in [0.15, 0.2) is 35.6 Å². The van der Waals surface area contributed by atoms with Crippen LogP contribution in [0.2, 0.25) is 0 Å². The molecule has 1 aromatic carbocycles. The minimum absolute atomic E-state index is 0. The number of methoxy groups -OCH3 is 1. The van der Waals surface area contributed by atoms with Crippen molar-refractivity contribution in [3.8, 4) is 11.5 Å². The predicted molar refractivity (Wildman–Crippen MR) is 131 cm³/mol. The van der Waals surface area contributed by atoms with Gasteiger partial charge in [-0.2, -0.15) is 5.10 Å². The van der Waals surface area contributed by atoms with Crippen molar-refractivity contribution in [1.29, 1.82) is 0 Å². The van der Waals surface area contributed by atoms with Crippen LogP contribution in [-0.4, -0.2) is 42.0 Å². The largest absolute Gasteiger partial charge is 0.493 e. The Labute approximate surface area is 196 Å². The number of aryl methyl sites for hydroxylation is 1. The Hall–Kier alpha value is -1.97. The van der Waals surface area contributed by atoms with Crippen LogP contribution in [0.1, 0.15) is 43.7 Å². The molecule has 0 aliphatic heterocycles. The van der Waals surface area contributed by atoms with Gasteiger partial charge >= 0.3 is 0 Å². The number of nitrogens with zero attached hydrogens (tertiary/aromatic N) is 3. The van der Waals surface area contributed by atoms with E-state index in [1.54, 1.807) is 7.11 Å². The summed E-state index contributed by atoms with van der Waals surface area (Å²) in [6.45, 7) is 4.20. The quantitative estimate of drug-likeness (QED) is 0.296. The molecule has 30 heavy (non-hydrogen) atoms. The highest BCUT2D eigenvalue weighted by molar-refractivity contribution is 14.0. The van der Waals surface area contributed by atoms with Crippen molar-refractivity contribution in [1.82, 2.24) is 20.4 Å². The summed E-state index contributed by atoms with van der Waals surface area (Å²) in [5, 5.41) is 10.9. The van der Waals surface area contributed by atoms with Gasteiger partial charge in [-0.25, -0.2) is 4.99 Å². The Kier molecular flexibility index (Phi) is 10.3. The van der Waals surface area contributed by atoms with Crippen LogP contribution in [-0.2, 0) is 20.0 Å². The highest BCUT2D eigenvalue weighted by atomic mass is 127. The fourth-order valence-electron chi connectivity index (χ4n) is 3.59. The Morgan fingerprint density at radius 2 is 2.07 bits per heavy atom. The van der Waals surface area contributed by atoms with Crippen LogP contribution in [0.5, 0.6) is 11.5 Å². The maximum absolute atomic E-state index is 6.32. The lowest BCUT2D eigenvalue weighted by molar-refractivity contribution is 0.198. The van der Waals surface area contributed by atoms with Crippen molar-refractivity contribution in [2.75, 3.05) is 20.2 Å². The zero-order chi connectivity index (χ0) is 20.5. The van der Waals surface area contributed by atoms with Gasteiger partial charge in [0.05, 0.1) is 26.0 Å². The van der Waals surface area contributed by atoms with Gasteiger partial charge in [0.1, 0.15) is 0 Å². The molecule has 2 aromatic rings. The smallest absolute Gasteiger partial charge is 0.191 e. The lowest BCUT2D eigenvalue weighted by atomic mass is 10.1. The Morgan fingerprint density at radius 1 is 1.27 bits per heavy atom. The van der Waals surface area contributed by atoms with E-state index in [0.717, 1.165) is 55.4 Å². The number of aromatic nitrogens is 2. The molecule has 0 spiro atoms. The number of ether oxygens (including phenoxy) is 2. The molecule has 0 atom stereocenters. The average molecular weight is 527 g/mol. The first-order chi connectivity index (χ1) is 14.2. The standard InChI is InChI=1S/C22H33N5O2.HI/c1-4-23-22(24-13-12-17-14-26-27(2)16-17)25-15-18-8-7-11-20(28-3)21(18)29-19-9-5-6-10-19;/h7-8,11,14,16,19H,4-6,9-10,12-13,15H2,1-3H3,(H2,23,24,25);1H. The van der Waals surface area contributed by atoms with E-state index < -0.39 is 0 Å². The lowest BCUT2D eigenvalue weighted by Crippen LogP contribution is -2.38. The summed E-state index contributed by atoms with van der Waals surface area (Å²) in [5.41, 5.74) is 2.25. The van der Waals surface area contributed by atoms with Crippen molar-refractivity contribution in [2.45, 2.75) is 51.7 Å². The van der Waals surface area contributed by atoms with Crippen LogP contribution < -0.4 is 20.1 Å². The predicted octanol–water partition coefficient (Wildman–Crippen LogP) is 3.67. The number of hydrogen-bond acceptors (Lipinski definition) is 4. The van der Waals surface area contributed by atoms with E-state index in [4.69, 9.17) is 14.5 Å². The van der Waals surface area contributed by atoms with Gasteiger partial charge < -0.3 is 20.1 Å². The van der Waals surface area contributed by atoms with Gasteiger partial charge in [-0.1, -0.05) is 12.1 Å². The van der Waals surface area contributed by atoms with Gasteiger partial charge in [-0.05, 0) is 50.7 Å². The number of benzene rings is 1. The summed E-state index contributed by atoms with van der Waals surface area (Å²) < 4.78 is 13.7. The number of halogens is 1. The second-order valence-electron chi connectivity index (χ2n) is 7.37. The van der Waals surface area contributed by atoms with E-state index in [1.165, 1.54) is 18.4 Å². The number of nitrogens with one attached hydrogen (secondary N) is 2. The fourth-order valence-corrected chi connectivity index (χ4v) is 3.59. The molecule has 8 heteroatoms. The molecule has 0 unspecified atom stereocenters. The minimum Gasteiger partial charge on any atom is -0.493 e. The molecule has 2 N–H and O–H groups in total. The van der Waals surface area contributed by atoms with Crippen molar-refractivity contribution >= 4 is 29.9 Å². The van der Waals surface area contributed by atoms with Gasteiger partial charge in [0, 0.05) is 31.9 Å². The van der Waals surface area contributed by atoms with Crippen LogP contribution in [0.3, 0.4) is 0 Å². The number of guanidine groups is 1. The van der Waals surface area contributed by atoms with Crippen LogP contribution in [0.25, 0.3) is 0 Å². The summed E-state index contributed by atoms with van der Waals surface area (Å²) in [6.07, 6.45) is 9.80. The SMILES string of the molecule is CCNC(=NCc1cccc(OC)c1OC1CCCC1)NCCc1cnn(C)c1.I. The number of para-hydroxylation sites is 1. The summed E-state index contributed by atoms with van der Waals surface area (Å²) in [6, 6.07) is 6.01. The average Bonchev–Trinajstić information content (AvgIpc) is 3.38. The third kappa shape index (κ3) is 7.07. The van der Waals surface area contributed by atoms with E-state index in [-0.39, 0.29) is 30.1 Å². The molecule has 1 fully saturated rings. The summed E-state index contributed by atoms with van der Waals surface area (Å²) in [4.78, 5) is 4.77. The van der Waals surface area contributed by atoms with Gasteiger partial charge in [0.25, 0.3) is 0 Å². The summed E-state index contributed by atoms with van der Waals surface area (Å²) >= 11 is 0. The second kappa shape index (κ2) is 12.7. The molecule has 166 valence electrons. The number of rotatable bonds is 9. The van der Waals surface area contributed by atoms with E-state index in [9.17, 15) is 0 Å². The highest BCUT2D eigenvalue weighted by Crippen LogP contribution is 2.35. The molecule has 1 aromatic heterocycles. The van der Waals surface area contributed by atoms with E-state index in [1.807, 2.05) is 36.3 Å². The maximum Gasteiger partial charge on any atom is 0.191 e. The number of aliphatic imine (C=N–C) groups is 1. The molecule has 1 aliphatic carbocycles. The second-order valence-corrected chi connectivity index (χ2v) is 7.37. The van der Waals surface area contributed by atoms with Gasteiger partial charge in [-0.15, -0.1) is 24.0 Å². The van der Waals surface area contributed by atoms with E-state index in [0.29, 0.717) is 6.54 Å². The molecule has 3 rings (SSSR count). The first kappa shape index (κ1) is 24.3. The topological polar surface area (TPSA) is 72.7 Å². The monoisotopic (exact) mass is 527 g/mol. The van der Waals surface area contributed by atoms with E-state index in [2.05, 4.69) is 28.7 Å². The molecular formula is C22H34IN5O2. The van der Waals surface area contributed by atoms with Crippen molar-refractivity contribution in [3.63, 3.8) is 0 Å². The Morgan fingerprint density at radius 3 is 2.73 bits per heavy atom. The van der Waals surface area contributed by atoms with Crippen LogP contribution in [0.4, 0.5) is 0 Å². The normalized spacial score (nSPS) is 14.3. The minimum atomic E-state index is 0. The molecule has 0 amide bonds. The molecule has 0 radical (unpaired) electrons. The molecule has 0 bridgehead atoms. The Balaban J connectivity index is 0.00000320. The highest BCUT2D eigenvalue weighted by Gasteiger charge is 2.20. The fraction of sp³-hybridized carbons (Fsp3) is 0.545. The van der Waals surface area contributed by atoms with Crippen molar-refractivity contribution in [2.24, 2.45) is 12.0 Å². The zero-order valence-electron chi connectivity index (χ0n) is 18.2. The molecule has 7 nitrogen and oxygen atoms in total. The van der Waals surface area contributed by atoms with Crippen molar-refractivity contribution in [3.05, 3.63) is 41.7 Å². The molecular weight excluding hydrogens is 493 g/mol. The molecule has 1 aliphatic rings. The molecule has 1 saturated carbocycles. The van der Waals surface area contributed by atoms with Gasteiger partial charge in [0.2, 0.25) is 0 Å². The van der Waals surface area contributed by atoms with Crippen molar-refractivity contribution < 1.29 is 9.47 Å². The third-order valence-electron chi connectivity index (χ3n) is 5.08. The lowest BCUT2D eigenvalue weighted by Gasteiger charge is -2.19. The first-order valence-electron chi connectivity index (χ1n) is 10.5. The van der Waals surface area contributed by atoms with Crippen LogP contribution >= 0.6 is 24.0 Å². The van der Waals surface area contributed by atoms with Crippen LogP contribution in [0, 0.1) is 0 Å². The van der Waals surface area contributed by atoms with Gasteiger partial charge in [-0.3, -0.25) is 4.68 Å². The zero-order valence-corrected chi connectivity index (χ0v) is 20.5. The third-order valence-corrected chi connectivity index (χ3v) is 5.08. The summed E-state index contributed by atoms with van der Waals surface area (Å²) in [7, 11) is 3.62. The summed E-state index contributed by atoms with van der Waals surface area (Å²) in [5.74, 6) is 2.40. The number of hydrogen-bond donors (Lipinski definition) is 2. The Bertz CT molecular complexity index is 803.